The summed E-state index contributed by atoms with van der Waals surface area (Å²) in [5, 5.41) is 8.56. The third-order valence-corrected chi connectivity index (χ3v) is 6.65. The summed E-state index contributed by atoms with van der Waals surface area (Å²) in [5.41, 5.74) is 9.63. The number of benzene rings is 2. The van der Waals surface area contributed by atoms with Crippen LogP contribution in [0.1, 0.15) is 85.9 Å². The lowest BCUT2D eigenvalue weighted by Crippen LogP contribution is -2.33. The Morgan fingerprint density at radius 3 is 2.46 bits per heavy atom. The molecule has 28 heavy (non-hydrogen) atoms. The van der Waals surface area contributed by atoms with Crippen molar-refractivity contribution in [2.75, 3.05) is 7.05 Å². The first-order valence-electron chi connectivity index (χ1n) is 10.6. The third-order valence-electron chi connectivity index (χ3n) is 6.65. The molecule has 0 aliphatic heterocycles. The minimum absolute atomic E-state index is 0.296. The maximum atomic E-state index is 8.56. The van der Waals surface area contributed by atoms with Crippen molar-refractivity contribution in [3.8, 4) is 0 Å². The second-order valence-electron chi connectivity index (χ2n) is 9.73. The number of rotatable bonds is 4. The summed E-state index contributed by atoms with van der Waals surface area (Å²) < 4.78 is 0. The minimum Gasteiger partial charge on any atom is -0.357 e. The van der Waals surface area contributed by atoms with Gasteiger partial charge in [-0.25, -0.2) is 0 Å². The smallest absolute Gasteiger partial charge is 0.128 e. The van der Waals surface area contributed by atoms with Crippen molar-refractivity contribution in [3.05, 3.63) is 69.3 Å². The van der Waals surface area contributed by atoms with Crippen molar-refractivity contribution in [2.24, 2.45) is 0 Å². The lowest BCUT2D eigenvalue weighted by molar-refractivity contribution is 0.415. The van der Waals surface area contributed by atoms with E-state index in [1.807, 2.05) is 11.9 Å². The van der Waals surface area contributed by atoms with Crippen LogP contribution in [0.15, 0.2) is 30.3 Å². The molecule has 1 N–H and O–H groups in total. The molecule has 0 heterocycles. The van der Waals surface area contributed by atoms with Gasteiger partial charge in [-0.15, -0.1) is 0 Å². The molecule has 0 aromatic heterocycles. The molecule has 0 amide bonds. The highest BCUT2D eigenvalue weighted by atomic mass is 15.2. The molecule has 1 aliphatic rings. The Labute approximate surface area is 171 Å². The zero-order valence-corrected chi connectivity index (χ0v) is 18.9. The quantitative estimate of drug-likeness (QED) is 0.489. The Hall–Kier alpha value is -2.09. The average molecular weight is 377 g/mol. The van der Waals surface area contributed by atoms with Gasteiger partial charge in [0.25, 0.3) is 0 Å². The SMILES string of the molecule is Cc1cc(C(=N)N(C)C(C)C)c(C)cc1Cc1ccc2c(c1)C(C)CC2(C)C. The van der Waals surface area contributed by atoms with Gasteiger partial charge in [-0.3, -0.25) is 5.41 Å². The fourth-order valence-corrected chi connectivity index (χ4v) is 4.72. The van der Waals surface area contributed by atoms with Crippen LogP contribution in [0.25, 0.3) is 0 Å². The molecule has 2 nitrogen and oxygen atoms in total. The van der Waals surface area contributed by atoms with E-state index in [2.05, 4.69) is 78.8 Å². The van der Waals surface area contributed by atoms with Crippen molar-refractivity contribution in [1.29, 1.82) is 5.41 Å². The molecule has 2 aromatic carbocycles. The molecule has 3 rings (SSSR count). The summed E-state index contributed by atoms with van der Waals surface area (Å²) in [6, 6.07) is 11.9. The monoisotopic (exact) mass is 376 g/mol. The van der Waals surface area contributed by atoms with E-state index in [0.29, 0.717) is 23.2 Å². The van der Waals surface area contributed by atoms with Crippen molar-refractivity contribution in [2.45, 2.75) is 78.7 Å². The van der Waals surface area contributed by atoms with Gasteiger partial charge in [0, 0.05) is 18.7 Å². The van der Waals surface area contributed by atoms with Gasteiger partial charge in [-0.05, 0) is 91.3 Å². The number of aryl methyl sites for hydroxylation is 2. The van der Waals surface area contributed by atoms with Crippen LogP contribution in [0, 0.1) is 19.3 Å². The van der Waals surface area contributed by atoms with E-state index in [9.17, 15) is 0 Å². The van der Waals surface area contributed by atoms with Gasteiger partial charge in [0.1, 0.15) is 5.84 Å². The molecule has 0 spiro atoms. The van der Waals surface area contributed by atoms with E-state index in [1.54, 1.807) is 0 Å². The maximum absolute atomic E-state index is 8.56. The minimum atomic E-state index is 0.296. The first-order valence-corrected chi connectivity index (χ1v) is 10.6. The molecule has 1 aliphatic carbocycles. The number of fused-ring (bicyclic) bond motifs is 1. The molecule has 1 unspecified atom stereocenters. The summed E-state index contributed by atoms with van der Waals surface area (Å²) in [5.74, 6) is 1.25. The number of nitrogens with zero attached hydrogens (tertiary/aromatic N) is 1. The van der Waals surface area contributed by atoms with E-state index in [4.69, 9.17) is 5.41 Å². The van der Waals surface area contributed by atoms with E-state index in [-0.39, 0.29) is 0 Å². The molecule has 0 fully saturated rings. The number of amidine groups is 1. The fourth-order valence-electron chi connectivity index (χ4n) is 4.72. The molecule has 2 aromatic rings. The molecule has 0 bridgehead atoms. The highest BCUT2D eigenvalue weighted by Crippen LogP contribution is 2.45. The van der Waals surface area contributed by atoms with Gasteiger partial charge in [0.15, 0.2) is 0 Å². The topological polar surface area (TPSA) is 27.1 Å². The standard InChI is InChI=1S/C26H36N2/c1-16(2)28(8)25(27)23-12-17(3)21(11-18(23)4)13-20-9-10-24-22(14-20)19(5)15-26(24,6)7/h9-12,14,16,19,27H,13,15H2,1-8H3. The largest absolute Gasteiger partial charge is 0.357 e. The highest BCUT2D eigenvalue weighted by molar-refractivity contribution is 5.98. The molecular weight excluding hydrogens is 340 g/mol. The second-order valence-corrected chi connectivity index (χ2v) is 9.73. The summed E-state index contributed by atoms with van der Waals surface area (Å²) in [4.78, 5) is 2.03. The fraction of sp³-hybridized carbons (Fsp3) is 0.500. The molecular formula is C26H36N2. The van der Waals surface area contributed by atoms with Gasteiger partial charge in [0.2, 0.25) is 0 Å². The molecule has 0 saturated carbocycles. The van der Waals surface area contributed by atoms with Crippen molar-refractivity contribution in [1.82, 2.24) is 4.90 Å². The summed E-state index contributed by atoms with van der Waals surface area (Å²) >= 11 is 0. The molecule has 150 valence electrons. The first kappa shape index (κ1) is 20.6. The average Bonchev–Trinajstić information content (AvgIpc) is 2.85. The Bertz CT molecular complexity index is 905. The van der Waals surface area contributed by atoms with E-state index >= 15 is 0 Å². The van der Waals surface area contributed by atoms with Crippen LogP contribution in [-0.4, -0.2) is 23.8 Å². The number of nitrogens with one attached hydrogen (secondary N) is 1. The second kappa shape index (κ2) is 7.39. The normalized spacial score (nSPS) is 17.7. The van der Waals surface area contributed by atoms with Crippen LogP contribution in [0.3, 0.4) is 0 Å². The predicted molar refractivity (Wildman–Crippen MR) is 121 cm³/mol. The first-order chi connectivity index (χ1) is 13.0. The van der Waals surface area contributed by atoms with E-state index < -0.39 is 0 Å². The maximum Gasteiger partial charge on any atom is 0.128 e. The summed E-state index contributed by atoms with van der Waals surface area (Å²) in [6.07, 6.45) is 2.20. The Kier molecular flexibility index (Phi) is 5.44. The third kappa shape index (κ3) is 3.74. The Balaban J connectivity index is 1.89. The van der Waals surface area contributed by atoms with E-state index in [1.165, 1.54) is 39.8 Å². The van der Waals surface area contributed by atoms with E-state index in [0.717, 1.165) is 12.0 Å². The van der Waals surface area contributed by atoms with Crippen LogP contribution in [0.5, 0.6) is 0 Å². The molecule has 0 saturated heterocycles. The van der Waals surface area contributed by atoms with Crippen LogP contribution in [0.4, 0.5) is 0 Å². The lowest BCUT2D eigenvalue weighted by Gasteiger charge is -2.26. The lowest BCUT2D eigenvalue weighted by atomic mass is 9.85. The summed E-state index contributed by atoms with van der Waals surface area (Å²) in [6.45, 7) is 15.7. The molecule has 0 radical (unpaired) electrons. The number of hydrogen-bond acceptors (Lipinski definition) is 1. The Morgan fingerprint density at radius 2 is 1.82 bits per heavy atom. The van der Waals surface area contributed by atoms with Gasteiger partial charge < -0.3 is 4.90 Å². The molecule has 2 heteroatoms. The van der Waals surface area contributed by atoms with Gasteiger partial charge in [-0.2, -0.15) is 0 Å². The highest BCUT2D eigenvalue weighted by Gasteiger charge is 2.34. The number of hydrogen-bond donors (Lipinski definition) is 1. The van der Waals surface area contributed by atoms with Gasteiger partial charge in [0.05, 0.1) is 0 Å². The van der Waals surface area contributed by atoms with Crippen molar-refractivity contribution in [3.63, 3.8) is 0 Å². The zero-order chi connectivity index (χ0) is 20.8. The van der Waals surface area contributed by atoms with Crippen LogP contribution >= 0.6 is 0 Å². The Morgan fingerprint density at radius 1 is 1.14 bits per heavy atom. The summed E-state index contributed by atoms with van der Waals surface area (Å²) in [7, 11) is 2.00. The van der Waals surface area contributed by atoms with Crippen LogP contribution in [0.2, 0.25) is 0 Å². The van der Waals surface area contributed by atoms with Crippen molar-refractivity contribution >= 4 is 5.84 Å². The van der Waals surface area contributed by atoms with Crippen molar-refractivity contribution < 1.29 is 0 Å². The zero-order valence-electron chi connectivity index (χ0n) is 18.9. The van der Waals surface area contributed by atoms with Gasteiger partial charge >= 0.3 is 0 Å². The van der Waals surface area contributed by atoms with Crippen LogP contribution < -0.4 is 0 Å². The molecule has 1 atom stereocenters. The predicted octanol–water partition coefficient (Wildman–Crippen LogP) is 6.34. The van der Waals surface area contributed by atoms with Crippen LogP contribution in [-0.2, 0) is 11.8 Å². The van der Waals surface area contributed by atoms with Gasteiger partial charge in [-0.1, -0.05) is 45.0 Å².